The Morgan fingerprint density at radius 3 is 2.48 bits per heavy atom. The first-order chi connectivity index (χ1) is 13.0. The number of likely N-dealkylation sites (N-methyl/N-ethyl adjacent to an activating group) is 1. The summed E-state index contributed by atoms with van der Waals surface area (Å²) in [6, 6.07) is 15.2. The minimum absolute atomic E-state index is 0.0327. The summed E-state index contributed by atoms with van der Waals surface area (Å²) >= 11 is 0. The van der Waals surface area contributed by atoms with E-state index in [9.17, 15) is 13.2 Å². The largest absolute Gasteiger partial charge is 0.343 e. The van der Waals surface area contributed by atoms with Crippen LogP contribution in [0.3, 0.4) is 0 Å². The zero-order chi connectivity index (χ0) is 19.3. The van der Waals surface area contributed by atoms with Crippen molar-refractivity contribution in [1.82, 2.24) is 15.0 Å². The van der Waals surface area contributed by atoms with Gasteiger partial charge in [0.1, 0.15) is 0 Å². The number of carbonyl (C=O) groups is 1. The lowest BCUT2D eigenvalue weighted by Crippen LogP contribution is -2.30. The number of amides is 1. The van der Waals surface area contributed by atoms with E-state index in [1.807, 2.05) is 6.07 Å². The molecule has 0 N–H and O–H groups in total. The Morgan fingerprint density at radius 1 is 1.07 bits per heavy atom. The molecule has 0 aliphatic carbocycles. The maximum atomic E-state index is 12.9. The number of aromatic nitrogens is 2. The Morgan fingerprint density at radius 2 is 1.78 bits per heavy atom. The number of carbonyl (C=O) groups excluding carboxylic acids is 1. The van der Waals surface area contributed by atoms with Crippen molar-refractivity contribution in [1.29, 1.82) is 0 Å². The van der Waals surface area contributed by atoms with Crippen LogP contribution in [0.15, 0.2) is 70.4 Å². The number of nitrogens with zero attached hydrogens (tertiary/aromatic N) is 3. The van der Waals surface area contributed by atoms with Gasteiger partial charge in [0.2, 0.25) is 6.39 Å². The molecule has 0 atom stereocenters. The van der Waals surface area contributed by atoms with Gasteiger partial charge in [0.15, 0.2) is 15.7 Å². The molecule has 0 bridgehead atoms. The topological polar surface area (TPSA) is 93.4 Å². The smallest absolute Gasteiger partial charge is 0.254 e. The third kappa shape index (κ3) is 4.59. The predicted molar refractivity (Wildman–Crippen MR) is 98.7 cm³/mol. The summed E-state index contributed by atoms with van der Waals surface area (Å²) in [5.74, 6) is -0.0459. The molecule has 1 aromatic heterocycles. The first-order valence-corrected chi connectivity index (χ1v) is 9.99. The fourth-order valence-corrected chi connectivity index (χ4v) is 4.23. The number of hydrogen-bond donors (Lipinski definition) is 0. The highest BCUT2D eigenvalue weighted by atomic mass is 32.2. The molecule has 0 aliphatic rings. The fraction of sp³-hybridized carbons (Fsp3) is 0.211. The molecule has 0 saturated heterocycles. The van der Waals surface area contributed by atoms with E-state index in [2.05, 4.69) is 14.7 Å². The SMILES string of the molecule is CN(CCc1ncon1)C(=O)c1ccccc1S(=O)(=O)Cc1ccccc1. The van der Waals surface area contributed by atoms with Crippen LogP contribution < -0.4 is 0 Å². The quantitative estimate of drug-likeness (QED) is 0.620. The van der Waals surface area contributed by atoms with E-state index in [0.29, 0.717) is 24.4 Å². The first-order valence-electron chi connectivity index (χ1n) is 8.34. The number of benzene rings is 2. The van der Waals surface area contributed by atoms with Crippen LogP contribution in [0.5, 0.6) is 0 Å². The minimum atomic E-state index is -3.67. The maximum absolute atomic E-state index is 12.9. The normalized spacial score (nSPS) is 11.3. The van der Waals surface area contributed by atoms with Crippen LogP contribution >= 0.6 is 0 Å². The molecule has 0 aliphatic heterocycles. The molecule has 0 spiro atoms. The summed E-state index contributed by atoms with van der Waals surface area (Å²) in [5.41, 5.74) is 0.828. The Balaban J connectivity index is 1.81. The standard InChI is InChI=1S/C19H19N3O4S/c1-22(12-11-18-20-14-26-21-18)19(23)16-9-5-6-10-17(16)27(24,25)13-15-7-3-2-4-8-15/h2-10,14H,11-13H2,1H3. The average molecular weight is 385 g/mol. The third-order valence-electron chi connectivity index (χ3n) is 4.08. The van der Waals surface area contributed by atoms with Gasteiger partial charge >= 0.3 is 0 Å². The van der Waals surface area contributed by atoms with Gasteiger partial charge in [-0.05, 0) is 17.7 Å². The summed E-state index contributed by atoms with van der Waals surface area (Å²) in [7, 11) is -2.05. The van der Waals surface area contributed by atoms with Crippen molar-refractivity contribution >= 4 is 15.7 Å². The van der Waals surface area contributed by atoms with E-state index in [-0.39, 0.29) is 22.1 Å². The molecule has 0 unspecified atom stereocenters. The monoisotopic (exact) mass is 385 g/mol. The van der Waals surface area contributed by atoms with E-state index in [1.165, 1.54) is 23.4 Å². The second-order valence-electron chi connectivity index (χ2n) is 6.06. The molecule has 3 aromatic rings. The molecule has 1 amide bonds. The fourth-order valence-electron chi connectivity index (χ4n) is 2.66. The minimum Gasteiger partial charge on any atom is -0.343 e. The summed E-state index contributed by atoms with van der Waals surface area (Å²) in [4.78, 5) is 18.2. The predicted octanol–water partition coefficient (Wildman–Crippen LogP) is 2.36. The molecule has 3 rings (SSSR count). The van der Waals surface area contributed by atoms with Gasteiger partial charge in [0.25, 0.3) is 5.91 Å². The van der Waals surface area contributed by atoms with Gasteiger partial charge in [-0.2, -0.15) is 4.98 Å². The molecule has 0 fully saturated rings. The Labute approximate surface area is 157 Å². The molecule has 0 radical (unpaired) electrons. The molecule has 0 saturated carbocycles. The van der Waals surface area contributed by atoms with Crippen molar-refractivity contribution in [2.75, 3.05) is 13.6 Å². The van der Waals surface area contributed by atoms with Crippen molar-refractivity contribution in [3.05, 3.63) is 77.9 Å². The van der Waals surface area contributed by atoms with Crippen LogP contribution in [-0.4, -0.2) is 43.0 Å². The van der Waals surface area contributed by atoms with Gasteiger partial charge in [-0.15, -0.1) is 0 Å². The van der Waals surface area contributed by atoms with Crippen molar-refractivity contribution in [2.24, 2.45) is 0 Å². The van der Waals surface area contributed by atoms with Gasteiger partial charge in [-0.25, -0.2) is 8.42 Å². The van der Waals surface area contributed by atoms with Crippen molar-refractivity contribution in [3.63, 3.8) is 0 Å². The average Bonchev–Trinajstić information content (AvgIpc) is 3.19. The third-order valence-corrected chi connectivity index (χ3v) is 5.82. The van der Waals surface area contributed by atoms with E-state index in [4.69, 9.17) is 0 Å². The Hall–Kier alpha value is -3.00. The molecule has 140 valence electrons. The van der Waals surface area contributed by atoms with Gasteiger partial charge in [-0.1, -0.05) is 47.6 Å². The molecule has 2 aromatic carbocycles. The van der Waals surface area contributed by atoms with E-state index < -0.39 is 9.84 Å². The Kier molecular flexibility index (Phi) is 5.66. The second-order valence-corrected chi connectivity index (χ2v) is 8.02. The van der Waals surface area contributed by atoms with Gasteiger partial charge in [-0.3, -0.25) is 4.79 Å². The summed E-state index contributed by atoms with van der Waals surface area (Å²) < 4.78 is 30.5. The molecular weight excluding hydrogens is 366 g/mol. The Bertz CT molecular complexity index is 1000. The second kappa shape index (κ2) is 8.13. The molecular formula is C19H19N3O4S. The highest BCUT2D eigenvalue weighted by Crippen LogP contribution is 2.22. The van der Waals surface area contributed by atoms with Crippen LogP contribution in [0.25, 0.3) is 0 Å². The van der Waals surface area contributed by atoms with Crippen molar-refractivity contribution < 1.29 is 17.7 Å². The summed E-state index contributed by atoms with van der Waals surface area (Å²) in [5, 5.41) is 3.70. The van der Waals surface area contributed by atoms with Gasteiger partial charge < -0.3 is 9.42 Å². The number of rotatable bonds is 7. The zero-order valence-corrected chi connectivity index (χ0v) is 15.6. The van der Waals surface area contributed by atoms with E-state index in [0.717, 1.165) is 0 Å². The summed E-state index contributed by atoms with van der Waals surface area (Å²) in [6.45, 7) is 0.339. The van der Waals surface area contributed by atoms with Gasteiger partial charge in [0.05, 0.1) is 16.2 Å². The zero-order valence-electron chi connectivity index (χ0n) is 14.8. The van der Waals surface area contributed by atoms with E-state index >= 15 is 0 Å². The maximum Gasteiger partial charge on any atom is 0.254 e. The van der Waals surface area contributed by atoms with Crippen LogP contribution in [0.1, 0.15) is 21.7 Å². The van der Waals surface area contributed by atoms with Crippen LogP contribution in [0.4, 0.5) is 0 Å². The highest BCUT2D eigenvalue weighted by Gasteiger charge is 2.24. The van der Waals surface area contributed by atoms with Crippen LogP contribution in [-0.2, 0) is 22.0 Å². The summed E-state index contributed by atoms with van der Waals surface area (Å²) in [6.07, 6.45) is 1.64. The molecule has 27 heavy (non-hydrogen) atoms. The number of hydrogen-bond acceptors (Lipinski definition) is 6. The van der Waals surface area contributed by atoms with Gasteiger partial charge in [0, 0.05) is 20.0 Å². The molecule has 1 heterocycles. The van der Waals surface area contributed by atoms with Crippen LogP contribution in [0.2, 0.25) is 0 Å². The molecule has 7 nitrogen and oxygen atoms in total. The lowest BCUT2D eigenvalue weighted by molar-refractivity contribution is 0.0792. The van der Waals surface area contributed by atoms with Crippen molar-refractivity contribution in [2.45, 2.75) is 17.1 Å². The van der Waals surface area contributed by atoms with E-state index in [1.54, 1.807) is 43.4 Å². The number of sulfone groups is 1. The van der Waals surface area contributed by atoms with Crippen LogP contribution in [0, 0.1) is 0 Å². The lowest BCUT2D eigenvalue weighted by atomic mass is 10.2. The van der Waals surface area contributed by atoms with Crippen molar-refractivity contribution in [3.8, 4) is 0 Å². The molecule has 8 heteroatoms. The lowest BCUT2D eigenvalue weighted by Gasteiger charge is -2.18. The highest BCUT2D eigenvalue weighted by molar-refractivity contribution is 7.90. The first kappa shape index (κ1) is 18.8.